The summed E-state index contributed by atoms with van der Waals surface area (Å²) in [7, 11) is 0. The molecule has 3 aromatic rings. The number of anilines is 1. The van der Waals surface area contributed by atoms with E-state index in [0.717, 1.165) is 25.6 Å². The molecule has 1 saturated carbocycles. The largest absolute Gasteiger partial charge is 0.456 e. The maximum atomic E-state index is 5.89. The van der Waals surface area contributed by atoms with Crippen LogP contribution >= 0.6 is 27.3 Å². The number of hydrogen-bond donors (Lipinski definition) is 1. The van der Waals surface area contributed by atoms with E-state index in [4.69, 9.17) is 9.72 Å². The monoisotopic (exact) mass is 403 g/mol. The standard InChI is InChI=1S/C18H18BrN3OS/c19-12-8-15(11-20-10-12)23-14-6-7-16-17(9-14)24-18(22-16)21-13-4-2-1-3-5-13/h6-11,13H,1-5H2,(H,21,22). The highest BCUT2D eigenvalue weighted by Gasteiger charge is 2.15. The molecule has 2 aromatic heterocycles. The second-order valence-electron chi connectivity index (χ2n) is 6.07. The average molecular weight is 404 g/mol. The average Bonchev–Trinajstić information content (AvgIpc) is 2.97. The SMILES string of the molecule is Brc1cncc(Oc2ccc3nc(NC4CCCCC4)sc3c2)c1. The summed E-state index contributed by atoms with van der Waals surface area (Å²) in [5, 5.41) is 4.61. The second-order valence-corrected chi connectivity index (χ2v) is 8.02. The lowest BCUT2D eigenvalue weighted by atomic mass is 9.96. The van der Waals surface area contributed by atoms with Gasteiger partial charge in [-0.3, -0.25) is 4.98 Å². The van der Waals surface area contributed by atoms with Gasteiger partial charge < -0.3 is 10.1 Å². The third kappa shape index (κ3) is 3.70. The molecule has 4 nitrogen and oxygen atoms in total. The Hall–Kier alpha value is -1.66. The number of nitrogens with zero attached hydrogens (tertiary/aromatic N) is 2. The van der Waals surface area contributed by atoms with E-state index in [9.17, 15) is 0 Å². The van der Waals surface area contributed by atoms with Gasteiger partial charge in [0.15, 0.2) is 5.13 Å². The van der Waals surface area contributed by atoms with E-state index in [1.54, 1.807) is 23.7 Å². The van der Waals surface area contributed by atoms with Crippen molar-refractivity contribution in [3.8, 4) is 11.5 Å². The van der Waals surface area contributed by atoms with Crippen molar-refractivity contribution in [3.05, 3.63) is 41.1 Å². The maximum Gasteiger partial charge on any atom is 0.184 e. The normalized spacial score (nSPS) is 15.5. The molecule has 0 aliphatic heterocycles. The molecule has 0 atom stereocenters. The van der Waals surface area contributed by atoms with Crippen molar-refractivity contribution < 1.29 is 4.74 Å². The summed E-state index contributed by atoms with van der Waals surface area (Å²) in [4.78, 5) is 8.82. The van der Waals surface area contributed by atoms with Gasteiger partial charge in [0.25, 0.3) is 0 Å². The van der Waals surface area contributed by atoms with Crippen LogP contribution in [0.5, 0.6) is 11.5 Å². The lowest BCUT2D eigenvalue weighted by Gasteiger charge is -2.22. The Bertz CT molecular complexity index is 845. The zero-order chi connectivity index (χ0) is 16.4. The molecule has 0 spiro atoms. The van der Waals surface area contributed by atoms with Gasteiger partial charge in [-0.25, -0.2) is 4.98 Å². The van der Waals surface area contributed by atoms with E-state index in [2.05, 4.69) is 26.2 Å². The van der Waals surface area contributed by atoms with Crippen molar-refractivity contribution in [1.82, 2.24) is 9.97 Å². The highest BCUT2D eigenvalue weighted by atomic mass is 79.9. The highest BCUT2D eigenvalue weighted by Crippen LogP contribution is 2.33. The van der Waals surface area contributed by atoms with Gasteiger partial charge in [0.1, 0.15) is 11.5 Å². The van der Waals surface area contributed by atoms with Crippen molar-refractivity contribution in [3.63, 3.8) is 0 Å². The summed E-state index contributed by atoms with van der Waals surface area (Å²) in [5.41, 5.74) is 1.01. The first-order valence-corrected chi connectivity index (χ1v) is 9.83. The van der Waals surface area contributed by atoms with Crippen LogP contribution in [0.1, 0.15) is 32.1 Å². The minimum absolute atomic E-state index is 0.572. The van der Waals surface area contributed by atoms with Crippen molar-refractivity contribution in [1.29, 1.82) is 0 Å². The van der Waals surface area contributed by atoms with Gasteiger partial charge in [-0.05, 0) is 47.0 Å². The molecule has 0 unspecified atom stereocenters. The van der Waals surface area contributed by atoms with Crippen LogP contribution in [0.3, 0.4) is 0 Å². The second kappa shape index (κ2) is 7.07. The third-order valence-electron chi connectivity index (χ3n) is 4.21. The molecule has 2 heterocycles. The van der Waals surface area contributed by atoms with E-state index in [1.807, 2.05) is 24.3 Å². The molecule has 1 aliphatic rings. The number of nitrogens with one attached hydrogen (secondary N) is 1. The molecule has 0 radical (unpaired) electrons. The summed E-state index contributed by atoms with van der Waals surface area (Å²) < 4.78 is 7.93. The lowest BCUT2D eigenvalue weighted by molar-refractivity contribution is 0.462. The van der Waals surface area contributed by atoms with E-state index in [1.165, 1.54) is 32.1 Å². The molecular weight excluding hydrogens is 386 g/mol. The molecule has 0 amide bonds. The van der Waals surface area contributed by atoms with Crippen LogP contribution in [-0.2, 0) is 0 Å². The number of rotatable bonds is 4. The van der Waals surface area contributed by atoms with Gasteiger partial charge in [-0.2, -0.15) is 0 Å². The summed E-state index contributed by atoms with van der Waals surface area (Å²) in [6.07, 6.45) is 9.95. The molecule has 1 aliphatic carbocycles. The molecule has 1 aromatic carbocycles. The summed E-state index contributed by atoms with van der Waals surface area (Å²) in [6.45, 7) is 0. The van der Waals surface area contributed by atoms with Gasteiger partial charge in [0, 0.05) is 22.8 Å². The van der Waals surface area contributed by atoms with Crippen LogP contribution in [0.2, 0.25) is 0 Å². The summed E-state index contributed by atoms with van der Waals surface area (Å²) in [5.74, 6) is 1.52. The number of thiazole rings is 1. The van der Waals surface area contributed by atoms with Crippen molar-refractivity contribution in [2.45, 2.75) is 38.1 Å². The van der Waals surface area contributed by atoms with Crippen LogP contribution in [-0.4, -0.2) is 16.0 Å². The Morgan fingerprint density at radius 2 is 1.96 bits per heavy atom. The van der Waals surface area contributed by atoms with E-state index < -0.39 is 0 Å². The number of ether oxygens (including phenoxy) is 1. The zero-order valence-electron chi connectivity index (χ0n) is 13.2. The predicted molar refractivity (Wildman–Crippen MR) is 102 cm³/mol. The molecule has 0 bridgehead atoms. The zero-order valence-corrected chi connectivity index (χ0v) is 15.6. The topological polar surface area (TPSA) is 47.0 Å². The Morgan fingerprint density at radius 1 is 1.08 bits per heavy atom. The molecule has 6 heteroatoms. The molecule has 1 N–H and O–H groups in total. The molecule has 0 saturated heterocycles. The first-order valence-electron chi connectivity index (χ1n) is 8.22. The molecule has 124 valence electrons. The van der Waals surface area contributed by atoms with Gasteiger partial charge in [-0.15, -0.1) is 0 Å². The van der Waals surface area contributed by atoms with Gasteiger partial charge >= 0.3 is 0 Å². The van der Waals surface area contributed by atoms with Crippen molar-refractivity contribution >= 4 is 42.6 Å². The highest BCUT2D eigenvalue weighted by molar-refractivity contribution is 9.10. The number of aromatic nitrogens is 2. The minimum atomic E-state index is 0.572. The predicted octanol–water partition coefficient (Wildman–Crippen LogP) is 5.99. The fourth-order valence-corrected chi connectivity index (χ4v) is 4.35. The summed E-state index contributed by atoms with van der Waals surface area (Å²) >= 11 is 5.10. The van der Waals surface area contributed by atoms with Crippen molar-refractivity contribution in [2.24, 2.45) is 0 Å². The van der Waals surface area contributed by atoms with Crippen LogP contribution in [0.25, 0.3) is 10.2 Å². The summed E-state index contributed by atoms with van der Waals surface area (Å²) in [6, 6.07) is 8.48. The van der Waals surface area contributed by atoms with Crippen molar-refractivity contribution in [2.75, 3.05) is 5.32 Å². The Kier molecular flexibility index (Phi) is 4.67. The number of pyridine rings is 1. The number of hydrogen-bond acceptors (Lipinski definition) is 5. The third-order valence-corrected chi connectivity index (χ3v) is 5.59. The van der Waals surface area contributed by atoms with Gasteiger partial charge in [0.2, 0.25) is 0 Å². The van der Waals surface area contributed by atoms with Crippen LogP contribution in [0.4, 0.5) is 5.13 Å². The number of benzene rings is 1. The quantitative estimate of drug-likeness (QED) is 0.580. The Labute approximate surface area is 153 Å². The van der Waals surface area contributed by atoms with E-state index in [0.29, 0.717) is 11.8 Å². The maximum absolute atomic E-state index is 5.89. The fraction of sp³-hybridized carbons (Fsp3) is 0.333. The number of fused-ring (bicyclic) bond motifs is 1. The van der Waals surface area contributed by atoms with Crippen LogP contribution < -0.4 is 10.1 Å². The van der Waals surface area contributed by atoms with Crippen LogP contribution in [0.15, 0.2) is 41.1 Å². The van der Waals surface area contributed by atoms with Gasteiger partial charge in [-0.1, -0.05) is 30.6 Å². The molecule has 4 rings (SSSR count). The van der Waals surface area contributed by atoms with Gasteiger partial charge in [0.05, 0.1) is 16.4 Å². The first kappa shape index (κ1) is 15.8. The number of halogens is 1. The first-order chi connectivity index (χ1) is 11.8. The van der Waals surface area contributed by atoms with E-state index >= 15 is 0 Å². The lowest BCUT2D eigenvalue weighted by Crippen LogP contribution is -2.21. The minimum Gasteiger partial charge on any atom is -0.456 e. The van der Waals surface area contributed by atoms with E-state index in [-0.39, 0.29) is 0 Å². The Morgan fingerprint density at radius 3 is 2.79 bits per heavy atom. The Balaban J connectivity index is 1.52. The molecule has 1 fully saturated rings. The molecular formula is C18H18BrN3OS. The fourth-order valence-electron chi connectivity index (χ4n) is 3.04. The van der Waals surface area contributed by atoms with Crippen LogP contribution in [0, 0.1) is 0 Å². The smallest absolute Gasteiger partial charge is 0.184 e. The molecule has 24 heavy (non-hydrogen) atoms.